The molecule has 0 bridgehead atoms. The number of alkyl halides is 3. The Labute approximate surface area is 163 Å². The average Bonchev–Trinajstić information content (AvgIpc) is 2.70. The van der Waals surface area contributed by atoms with Crippen LogP contribution in [-0.4, -0.2) is 38.2 Å². The van der Waals surface area contributed by atoms with E-state index >= 15 is 0 Å². The van der Waals surface area contributed by atoms with Gasteiger partial charge in [-0.3, -0.25) is 4.79 Å². The Hall–Kier alpha value is -3.62. The molecule has 1 N–H and O–H groups in total. The van der Waals surface area contributed by atoms with Gasteiger partial charge >= 0.3 is 18.1 Å². The molecule has 1 amide bonds. The first kappa shape index (κ1) is 21.7. The van der Waals surface area contributed by atoms with Crippen molar-refractivity contribution in [3.05, 3.63) is 71.3 Å². The van der Waals surface area contributed by atoms with Gasteiger partial charge in [0.25, 0.3) is 0 Å². The highest BCUT2D eigenvalue weighted by Crippen LogP contribution is 2.33. The van der Waals surface area contributed by atoms with Gasteiger partial charge in [0.2, 0.25) is 5.91 Å². The van der Waals surface area contributed by atoms with Crippen LogP contribution < -0.4 is 5.32 Å². The molecule has 0 spiro atoms. The number of carbonyl (C=O) groups excluding carboxylic acids is 3. The summed E-state index contributed by atoms with van der Waals surface area (Å²) >= 11 is 0. The number of amides is 1. The molecular formula is C20H16F3NO5. The molecule has 0 saturated carbocycles. The van der Waals surface area contributed by atoms with Crippen molar-refractivity contribution in [3.63, 3.8) is 0 Å². The van der Waals surface area contributed by atoms with E-state index < -0.39 is 29.6 Å². The molecule has 0 aliphatic rings. The fraction of sp³-hybridized carbons (Fsp3) is 0.150. The van der Waals surface area contributed by atoms with Gasteiger partial charge in [-0.15, -0.1) is 0 Å². The van der Waals surface area contributed by atoms with Crippen molar-refractivity contribution in [3.8, 4) is 0 Å². The number of carbonyl (C=O) groups is 3. The summed E-state index contributed by atoms with van der Waals surface area (Å²) in [6.07, 6.45) is -4.42. The lowest BCUT2D eigenvalue weighted by Gasteiger charge is -2.13. The maximum absolute atomic E-state index is 13.4. The normalized spacial score (nSPS) is 11.6. The predicted molar refractivity (Wildman–Crippen MR) is 98.2 cm³/mol. The summed E-state index contributed by atoms with van der Waals surface area (Å²) < 4.78 is 49.3. The maximum Gasteiger partial charge on any atom is 0.417 e. The number of esters is 2. The van der Waals surface area contributed by atoms with Crippen molar-refractivity contribution in [2.75, 3.05) is 19.5 Å². The SMILES string of the molecule is COC(=O)c1ccc(C(=O)OC)c(NC(=O)/C=C(/c2ccccc2)C(F)(F)F)c1. The third-order valence-electron chi connectivity index (χ3n) is 3.77. The first-order chi connectivity index (χ1) is 13.7. The molecule has 0 atom stereocenters. The van der Waals surface area contributed by atoms with E-state index in [-0.39, 0.29) is 22.4 Å². The van der Waals surface area contributed by atoms with Crippen molar-refractivity contribution in [2.24, 2.45) is 0 Å². The molecule has 2 aromatic rings. The minimum atomic E-state index is -4.79. The number of methoxy groups -OCH3 is 2. The molecule has 0 radical (unpaired) electrons. The number of halogens is 3. The monoisotopic (exact) mass is 407 g/mol. The number of rotatable bonds is 5. The van der Waals surface area contributed by atoms with Crippen molar-refractivity contribution in [2.45, 2.75) is 6.18 Å². The number of benzene rings is 2. The van der Waals surface area contributed by atoms with E-state index in [1.807, 2.05) is 0 Å². The first-order valence-electron chi connectivity index (χ1n) is 8.13. The van der Waals surface area contributed by atoms with Crippen LogP contribution in [0.5, 0.6) is 0 Å². The number of anilines is 1. The van der Waals surface area contributed by atoms with Gasteiger partial charge in [0, 0.05) is 6.08 Å². The highest BCUT2D eigenvalue weighted by atomic mass is 19.4. The van der Waals surface area contributed by atoms with Crippen LogP contribution in [0.4, 0.5) is 18.9 Å². The van der Waals surface area contributed by atoms with Crippen LogP contribution >= 0.6 is 0 Å². The van der Waals surface area contributed by atoms with Crippen LogP contribution in [0, 0.1) is 0 Å². The highest BCUT2D eigenvalue weighted by Gasteiger charge is 2.35. The highest BCUT2D eigenvalue weighted by molar-refractivity contribution is 6.09. The van der Waals surface area contributed by atoms with Gasteiger partial charge in [0.05, 0.1) is 36.6 Å². The Morgan fingerprint density at radius 2 is 1.52 bits per heavy atom. The zero-order valence-electron chi connectivity index (χ0n) is 15.4. The van der Waals surface area contributed by atoms with Crippen LogP contribution in [0.25, 0.3) is 5.57 Å². The van der Waals surface area contributed by atoms with Crippen LogP contribution in [-0.2, 0) is 14.3 Å². The van der Waals surface area contributed by atoms with E-state index in [1.54, 1.807) is 6.07 Å². The van der Waals surface area contributed by atoms with Crippen molar-refractivity contribution < 1.29 is 37.0 Å². The van der Waals surface area contributed by atoms with Crippen LogP contribution in [0.15, 0.2) is 54.6 Å². The number of hydrogen-bond acceptors (Lipinski definition) is 5. The van der Waals surface area contributed by atoms with Crippen LogP contribution in [0.1, 0.15) is 26.3 Å². The predicted octanol–water partition coefficient (Wildman–Crippen LogP) is 3.84. The summed E-state index contributed by atoms with van der Waals surface area (Å²) in [6, 6.07) is 10.3. The standard InChI is InChI=1S/C20H16F3NO5/c1-28-18(26)13-8-9-14(19(27)29-2)16(10-13)24-17(25)11-15(20(21,22)23)12-6-4-3-5-7-12/h3-11H,1-2H3,(H,24,25)/b15-11-. The van der Waals surface area contributed by atoms with E-state index in [0.717, 1.165) is 20.3 Å². The zero-order chi connectivity index (χ0) is 21.6. The molecule has 29 heavy (non-hydrogen) atoms. The molecule has 6 nitrogen and oxygen atoms in total. The molecule has 2 aromatic carbocycles. The third-order valence-corrected chi connectivity index (χ3v) is 3.77. The van der Waals surface area contributed by atoms with Crippen LogP contribution in [0.2, 0.25) is 0 Å². The first-order valence-corrected chi connectivity index (χ1v) is 8.13. The molecule has 0 aliphatic heterocycles. The smallest absolute Gasteiger partial charge is 0.417 e. The maximum atomic E-state index is 13.4. The quantitative estimate of drug-likeness (QED) is 0.602. The summed E-state index contributed by atoms with van der Waals surface area (Å²) in [5, 5.41) is 2.19. The Bertz CT molecular complexity index is 952. The van der Waals surface area contributed by atoms with Gasteiger partial charge in [-0.05, 0) is 23.8 Å². The minimum absolute atomic E-state index is 0.0152. The number of ether oxygens (including phenoxy) is 2. The summed E-state index contributed by atoms with van der Waals surface area (Å²) in [6.45, 7) is 0. The van der Waals surface area contributed by atoms with E-state index in [9.17, 15) is 27.6 Å². The van der Waals surface area contributed by atoms with Crippen LogP contribution in [0.3, 0.4) is 0 Å². The van der Waals surface area contributed by atoms with E-state index in [0.29, 0.717) is 6.08 Å². The van der Waals surface area contributed by atoms with Gasteiger partial charge in [-0.1, -0.05) is 30.3 Å². The summed E-state index contributed by atoms with van der Waals surface area (Å²) in [7, 11) is 2.23. The Morgan fingerprint density at radius 3 is 2.07 bits per heavy atom. The lowest BCUT2D eigenvalue weighted by Crippen LogP contribution is -2.18. The summed E-state index contributed by atoms with van der Waals surface area (Å²) in [5.41, 5.74) is -1.73. The second kappa shape index (κ2) is 9.05. The van der Waals surface area contributed by atoms with Gasteiger partial charge < -0.3 is 14.8 Å². The van der Waals surface area contributed by atoms with E-state index in [2.05, 4.69) is 14.8 Å². The summed E-state index contributed by atoms with van der Waals surface area (Å²) in [5.74, 6) is -2.75. The third kappa shape index (κ3) is 5.44. The molecular weight excluding hydrogens is 391 g/mol. The molecule has 2 rings (SSSR count). The second-order valence-corrected chi connectivity index (χ2v) is 5.65. The molecule has 0 heterocycles. The average molecular weight is 407 g/mol. The molecule has 0 saturated heterocycles. The second-order valence-electron chi connectivity index (χ2n) is 5.65. The van der Waals surface area contributed by atoms with Gasteiger partial charge in [-0.25, -0.2) is 9.59 Å². The van der Waals surface area contributed by atoms with Gasteiger partial charge in [-0.2, -0.15) is 13.2 Å². The molecule has 0 fully saturated rings. The zero-order valence-corrected chi connectivity index (χ0v) is 15.4. The Kier molecular flexibility index (Phi) is 6.76. The van der Waals surface area contributed by atoms with E-state index in [1.165, 1.54) is 36.4 Å². The number of hydrogen-bond donors (Lipinski definition) is 1. The molecule has 152 valence electrons. The van der Waals surface area contributed by atoms with Crippen molar-refractivity contribution >= 4 is 29.1 Å². The molecule has 0 unspecified atom stereocenters. The lowest BCUT2D eigenvalue weighted by molar-refractivity contribution is -0.112. The van der Waals surface area contributed by atoms with E-state index in [4.69, 9.17) is 0 Å². The number of nitrogens with one attached hydrogen (secondary N) is 1. The summed E-state index contributed by atoms with van der Waals surface area (Å²) in [4.78, 5) is 35.9. The van der Waals surface area contributed by atoms with Crippen molar-refractivity contribution in [1.29, 1.82) is 0 Å². The Morgan fingerprint density at radius 1 is 0.897 bits per heavy atom. The van der Waals surface area contributed by atoms with Crippen molar-refractivity contribution in [1.82, 2.24) is 0 Å². The number of allylic oxidation sites excluding steroid dienone is 1. The largest absolute Gasteiger partial charge is 0.465 e. The topological polar surface area (TPSA) is 81.7 Å². The molecule has 0 aliphatic carbocycles. The van der Waals surface area contributed by atoms with Gasteiger partial charge in [0.15, 0.2) is 0 Å². The lowest BCUT2D eigenvalue weighted by atomic mass is 10.0. The Balaban J connectivity index is 2.45. The molecule has 0 aromatic heterocycles. The van der Waals surface area contributed by atoms with Gasteiger partial charge in [0.1, 0.15) is 0 Å². The molecule has 9 heteroatoms. The minimum Gasteiger partial charge on any atom is -0.465 e. The fourth-order valence-electron chi connectivity index (χ4n) is 2.43. The fourth-order valence-corrected chi connectivity index (χ4v) is 2.43.